The lowest BCUT2D eigenvalue weighted by Crippen LogP contribution is -2.39. The molecule has 0 heterocycles. The zero-order chi connectivity index (χ0) is 12.5. The highest BCUT2D eigenvalue weighted by atomic mass is 35.5. The summed E-state index contributed by atoms with van der Waals surface area (Å²) >= 11 is 6.24. The molecular formula is C14H20ClNO. The van der Waals surface area contributed by atoms with Gasteiger partial charge in [-0.2, -0.15) is 0 Å². The molecule has 2 rings (SSSR count). The summed E-state index contributed by atoms with van der Waals surface area (Å²) in [6, 6.07) is 3.90. The molecule has 1 aliphatic carbocycles. The summed E-state index contributed by atoms with van der Waals surface area (Å²) in [6.07, 6.45) is 5.76. The smallest absolute Gasteiger partial charge is 0.120 e. The highest BCUT2D eigenvalue weighted by Gasteiger charge is 2.31. The first kappa shape index (κ1) is 12.7. The number of rotatable bonds is 2. The average molecular weight is 254 g/mol. The maximum absolute atomic E-state index is 6.56. The van der Waals surface area contributed by atoms with Crippen molar-refractivity contribution in [2.45, 2.75) is 44.6 Å². The van der Waals surface area contributed by atoms with E-state index in [0.717, 1.165) is 34.7 Å². The SMILES string of the molecule is COc1cc(Cl)c(C)c(C2(N)CCCCC2)c1. The molecule has 17 heavy (non-hydrogen) atoms. The summed E-state index contributed by atoms with van der Waals surface area (Å²) in [6.45, 7) is 2.04. The molecule has 2 nitrogen and oxygen atoms in total. The van der Waals surface area contributed by atoms with Gasteiger partial charge in [0, 0.05) is 10.6 Å². The van der Waals surface area contributed by atoms with Gasteiger partial charge in [-0.05, 0) is 43.0 Å². The third-order valence-corrected chi connectivity index (χ3v) is 4.23. The van der Waals surface area contributed by atoms with Crippen molar-refractivity contribution in [1.82, 2.24) is 0 Å². The third-order valence-electron chi connectivity index (χ3n) is 3.84. The van der Waals surface area contributed by atoms with Gasteiger partial charge in [-0.1, -0.05) is 30.9 Å². The number of hydrogen-bond donors (Lipinski definition) is 1. The van der Waals surface area contributed by atoms with Gasteiger partial charge in [0.2, 0.25) is 0 Å². The van der Waals surface area contributed by atoms with Crippen LogP contribution in [0.2, 0.25) is 5.02 Å². The lowest BCUT2D eigenvalue weighted by molar-refractivity contribution is 0.299. The van der Waals surface area contributed by atoms with Crippen molar-refractivity contribution in [3.05, 3.63) is 28.3 Å². The minimum absolute atomic E-state index is 0.222. The van der Waals surface area contributed by atoms with Crippen LogP contribution in [0.5, 0.6) is 5.75 Å². The molecule has 0 bridgehead atoms. The van der Waals surface area contributed by atoms with Crippen molar-refractivity contribution >= 4 is 11.6 Å². The zero-order valence-electron chi connectivity index (χ0n) is 10.6. The fraction of sp³-hybridized carbons (Fsp3) is 0.571. The zero-order valence-corrected chi connectivity index (χ0v) is 11.3. The molecule has 0 radical (unpaired) electrons. The summed E-state index contributed by atoms with van der Waals surface area (Å²) in [7, 11) is 1.66. The Kier molecular flexibility index (Phi) is 3.64. The van der Waals surface area contributed by atoms with E-state index < -0.39 is 0 Å². The molecule has 0 amide bonds. The van der Waals surface area contributed by atoms with Gasteiger partial charge in [0.1, 0.15) is 5.75 Å². The molecule has 0 saturated heterocycles. The Labute approximate surface area is 108 Å². The number of methoxy groups -OCH3 is 1. The van der Waals surface area contributed by atoms with Gasteiger partial charge in [0.25, 0.3) is 0 Å². The molecule has 2 N–H and O–H groups in total. The highest BCUT2D eigenvalue weighted by Crippen LogP contribution is 2.39. The highest BCUT2D eigenvalue weighted by molar-refractivity contribution is 6.31. The van der Waals surface area contributed by atoms with Gasteiger partial charge in [0.05, 0.1) is 7.11 Å². The van der Waals surface area contributed by atoms with Crippen LogP contribution < -0.4 is 10.5 Å². The Hall–Kier alpha value is -0.730. The standard InChI is InChI=1S/C14H20ClNO/c1-10-12(8-11(17-2)9-13(10)15)14(16)6-4-3-5-7-14/h8-9H,3-7,16H2,1-2H3. The molecule has 1 aliphatic rings. The van der Waals surface area contributed by atoms with E-state index >= 15 is 0 Å². The second-order valence-electron chi connectivity index (χ2n) is 5.00. The Bertz CT molecular complexity index is 411. The minimum Gasteiger partial charge on any atom is -0.497 e. The molecule has 3 heteroatoms. The molecule has 0 atom stereocenters. The van der Waals surface area contributed by atoms with Gasteiger partial charge in [-0.3, -0.25) is 0 Å². The van der Waals surface area contributed by atoms with Crippen molar-refractivity contribution in [3.8, 4) is 5.75 Å². The van der Waals surface area contributed by atoms with Gasteiger partial charge in [0.15, 0.2) is 0 Å². The predicted octanol–water partition coefficient (Wildman–Crippen LogP) is 3.78. The first-order valence-electron chi connectivity index (χ1n) is 6.20. The van der Waals surface area contributed by atoms with E-state index in [2.05, 4.69) is 0 Å². The van der Waals surface area contributed by atoms with Gasteiger partial charge < -0.3 is 10.5 Å². The Balaban J connectivity index is 2.45. The minimum atomic E-state index is -0.222. The van der Waals surface area contributed by atoms with Gasteiger partial charge >= 0.3 is 0 Å². The fourth-order valence-corrected chi connectivity index (χ4v) is 2.95. The van der Waals surface area contributed by atoms with Crippen LogP contribution in [-0.2, 0) is 5.54 Å². The number of halogens is 1. The summed E-state index contributed by atoms with van der Waals surface area (Å²) in [5.41, 5.74) is 8.59. The largest absolute Gasteiger partial charge is 0.497 e. The van der Waals surface area contributed by atoms with Crippen LogP contribution in [0.3, 0.4) is 0 Å². The van der Waals surface area contributed by atoms with Crippen LogP contribution in [0.1, 0.15) is 43.2 Å². The maximum Gasteiger partial charge on any atom is 0.120 e. The Morgan fingerprint density at radius 2 is 1.88 bits per heavy atom. The maximum atomic E-state index is 6.56. The Morgan fingerprint density at radius 1 is 1.24 bits per heavy atom. The number of benzene rings is 1. The third kappa shape index (κ3) is 2.43. The Morgan fingerprint density at radius 3 is 2.47 bits per heavy atom. The van der Waals surface area contributed by atoms with E-state index in [1.165, 1.54) is 19.3 Å². The number of nitrogens with two attached hydrogens (primary N) is 1. The molecule has 1 aromatic rings. The van der Waals surface area contributed by atoms with Crippen LogP contribution in [0, 0.1) is 6.92 Å². The molecule has 1 saturated carbocycles. The lowest BCUT2D eigenvalue weighted by atomic mass is 9.76. The summed E-state index contributed by atoms with van der Waals surface area (Å²) < 4.78 is 5.29. The predicted molar refractivity (Wildman–Crippen MR) is 71.7 cm³/mol. The molecule has 0 unspecified atom stereocenters. The van der Waals surface area contributed by atoms with Crippen molar-refractivity contribution < 1.29 is 4.74 Å². The summed E-state index contributed by atoms with van der Waals surface area (Å²) in [4.78, 5) is 0. The lowest BCUT2D eigenvalue weighted by Gasteiger charge is -2.35. The van der Waals surface area contributed by atoms with Crippen molar-refractivity contribution in [1.29, 1.82) is 0 Å². The van der Waals surface area contributed by atoms with E-state index in [-0.39, 0.29) is 5.54 Å². The van der Waals surface area contributed by atoms with Crippen molar-refractivity contribution in [3.63, 3.8) is 0 Å². The first-order chi connectivity index (χ1) is 8.07. The van der Waals surface area contributed by atoms with Crippen LogP contribution in [0.25, 0.3) is 0 Å². The van der Waals surface area contributed by atoms with E-state index in [0.29, 0.717) is 0 Å². The second kappa shape index (κ2) is 4.87. The number of hydrogen-bond acceptors (Lipinski definition) is 2. The van der Waals surface area contributed by atoms with E-state index in [4.69, 9.17) is 22.1 Å². The summed E-state index contributed by atoms with van der Waals surface area (Å²) in [5, 5.41) is 0.745. The molecular weight excluding hydrogens is 234 g/mol. The van der Waals surface area contributed by atoms with Gasteiger partial charge in [-0.25, -0.2) is 0 Å². The van der Waals surface area contributed by atoms with E-state index in [9.17, 15) is 0 Å². The molecule has 94 valence electrons. The molecule has 0 aromatic heterocycles. The van der Waals surface area contributed by atoms with Crippen molar-refractivity contribution in [2.24, 2.45) is 5.73 Å². The van der Waals surface area contributed by atoms with Gasteiger partial charge in [-0.15, -0.1) is 0 Å². The van der Waals surface area contributed by atoms with Crippen molar-refractivity contribution in [2.75, 3.05) is 7.11 Å². The molecule has 1 fully saturated rings. The first-order valence-corrected chi connectivity index (χ1v) is 6.58. The molecule has 0 spiro atoms. The van der Waals surface area contributed by atoms with Crippen LogP contribution in [0.4, 0.5) is 0 Å². The van der Waals surface area contributed by atoms with E-state index in [1.807, 2.05) is 19.1 Å². The fourth-order valence-electron chi connectivity index (χ4n) is 2.74. The van der Waals surface area contributed by atoms with E-state index in [1.54, 1.807) is 7.11 Å². The summed E-state index contributed by atoms with van der Waals surface area (Å²) in [5.74, 6) is 0.797. The van der Waals surface area contributed by atoms with Crippen LogP contribution in [-0.4, -0.2) is 7.11 Å². The van der Waals surface area contributed by atoms with Crippen LogP contribution >= 0.6 is 11.6 Å². The normalized spacial score (nSPS) is 19.1. The molecule has 0 aliphatic heterocycles. The molecule has 1 aromatic carbocycles. The van der Waals surface area contributed by atoms with Crippen LogP contribution in [0.15, 0.2) is 12.1 Å². The topological polar surface area (TPSA) is 35.2 Å². The second-order valence-corrected chi connectivity index (χ2v) is 5.41. The number of ether oxygens (including phenoxy) is 1. The quantitative estimate of drug-likeness (QED) is 0.871. The average Bonchev–Trinajstić information content (AvgIpc) is 2.33. The monoisotopic (exact) mass is 253 g/mol.